The number of benzene rings is 1. The van der Waals surface area contributed by atoms with Crippen molar-refractivity contribution < 1.29 is 19.0 Å². The molecule has 1 amide bonds. The summed E-state index contributed by atoms with van der Waals surface area (Å²) in [7, 11) is 0. The third kappa shape index (κ3) is 5.33. The van der Waals surface area contributed by atoms with Crippen molar-refractivity contribution in [1.82, 2.24) is 9.97 Å². The minimum absolute atomic E-state index is 0.155. The molecule has 3 aromatic rings. The van der Waals surface area contributed by atoms with Gasteiger partial charge in [0, 0.05) is 30.8 Å². The molecular formula is C23H23N3O4. The molecule has 1 saturated heterocycles. The highest BCUT2D eigenvalue weighted by Gasteiger charge is 2.16. The number of aromatic nitrogens is 2. The number of pyridine rings is 2. The molecule has 154 valence electrons. The second-order valence-electron chi connectivity index (χ2n) is 6.92. The summed E-state index contributed by atoms with van der Waals surface area (Å²) in [6, 6.07) is 14.3. The number of carbonyl (C=O) groups excluding carboxylic acids is 1. The van der Waals surface area contributed by atoms with E-state index in [0.717, 1.165) is 25.0 Å². The van der Waals surface area contributed by atoms with Gasteiger partial charge in [0.2, 0.25) is 0 Å². The van der Waals surface area contributed by atoms with Gasteiger partial charge in [-0.05, 0) is 66.9 Å². The Morgan fingerprint density at radius 2 is 1.90 bits per heavy atom. The molecule has 1 aliphatic heterocycles. The summed E-state index contributed by atoms with van der Waals surface area (Å²) in [5.74, 6) is 1.31. The maximum Gasteiger partial charge on any atom is 0.256 e. The minimum atomic E-state index is -0.270. The van der Waals surface area contributed by atoms with Gasteiger partial charge in [-0.1, -0.05) is 0 Å². The van der Waals surface area contributed by atoms with Crippen LogP contribution in [0.15, 0.2) is 67.1 Å². The molecule has 3 heterocycles. The summed E-state index contributed by atoms with van der Waals surface area (Å²) in [5, 5.41) is 2.81. The first kappa shape index (κ1) is 19.8. The standard InChI is InChI=1S/C23H23N3O4/c27-23(18-5-7-19(8-6-18)29-16-20-3-2-14-28-20)26-22-21(4-1-11-25-22)30-15-17-9-12-24-13-10-17/h1,4-13,20H,2-3,14-16H2,(H,25,26,27). The molecular weight excluding hydrogens is 382 g/mol. The fraction of sp³-hybridized carbons (Fsp3) is 0.261. The van der Waals surface area contributed by atoms with Crippen molar-refractivity contribution in [2.75, 3.05) is 18.5 Å². The average molecular weight is 405 g/mol. The summed E-state index contributed by atoms with van der Waals surface area (Å²) in [6.45, 7) is 1.68. The summed E-state index contributed by atoms with van der Waals surface area (Å²) in [6.07, 6.45) is 7.28. The molecule has 1 fully saturated rings. The first-order valence-electron chi connectivity index (χ1n) is 9.90. The second-order valence-corrected chi connectivity index (χ2v) is 6.92. The Balaban J connectivity index is 1.35. The van der Waals surface area contributed by atoms with E-state index in [1.54, 1.807) is 55.0 Å². The number of rotatable bonds is 8. The molecule has 0 bridgehead atoms. The van der Waals surface area contributed by atoms with E-state index >= 15 is 0 Å². The number of hydrogen-bond donors (Lipinski definition) is 1. The molecule has 1 unspecified atom stereocenters. The van der Waals surface area contributed by atoms with Crippen LogP contribution in [-0.4, -0.2) is 35.2 Å². The van der Waals surface area contributed by atoms with Gasteiger partial charge in [0.25, 0.3) is 5.91 Å². The van der Waals surface area contributed by atoms with Crippen molar-refractivity contribution in [3.63, 3.8) is 0 Å². The van der Waals surface area contributed by atoms with Crippen molar-refractivity contribution in [2.45, 2.75) is 25.6 Å². The van der Waals surface area contributed by atoms with Crippen molar-refractivity contribution in [3.8, 4) is 11.5 Å². The van der Waals surface area contributed by atoms with E-state index in [1.165, 1.54) is 0 Å². The predicted octanol–water partition coefficient (Wildman–Crippen LogP) is 3.87. The van der Waals surface area contributed by atoms with Crippen LogP contribution >= 0.6 is 0 Å². The molecule has 0 saturated carbocycles. The molecule has 7 nitrogen and oxygen atoms in total. The molecule has 0 spiro atoms. The maximum atomic E-state index is 12.6. The van der Waals surface area contributed by atoms with Gasteiger partial charge in [0.05, 0.1) is 6.10 Å². The van der Waals surface area contributed by atoms with Crippen molar-refractivity contribution in [3.05, 3.63) is 78.2 Å². The molecule has 2 aromatic heterocycles. The first-order valence-corrected chi connectivity index (χ1v) is 9.90. The third-order valence-corrected chi connectivity index (χ3v) is 4.72. The average Bonchev–Trinajstić information content (AvgIpc) is 3.32. The fourth-order valence-corrected chi connectivity index (χ4v) is 3.09. The zero-order valence-electron chi connectivity index (χ0n) is 16.5. The second kappa shape index (κ2) is 9.84. The number of nitrogens with one attached hydrogen (secondary N) is 1. The fourth-order valence-electron chi connectivity index (χ4n) is 3.09. The van der Waals surface area contributed by atoms with Gasteiger partial charge in [-0.25, -0.2) is 4.98 Å². The van der Waals surface area contributed by atoms with Crippen molar-refractivity contribution in [2.24, 2.45) is 0 Å². The molecule has 4 rings (SSSR count). The van der Waals surface area contributed by atoms with Crippen LogP contribution in [0.25, 0.3) is 0 Å². The van der Waals surface area contributed by atoms with Gasteiger partial charge in [0.15, 0.2) is 11.6 Å². The number of anilines is 1. The quantitative estimate of drug-likeness (QED) is 0.613. The molecule has 7 heteroatoms. The lowest BCUT2D eigenvalue weighted by atomic mass is 10.2. The lowest BCUT2D eigenvalue weighted by Crippen LogP contribution is -2.16. The summed E-state index contributed by atoms with van der Waals surface area (Å²) < 4.78 is 17.1. The Morgan fingerprint density at radius 3 is 2.67 bits per heavy atom. The zero-order valence-corrected chi connectivity index (χ0v) is 16.5. The molecule has 1 aromatic carbocycles. The Labute approximate surface area is 175 Å². The lowest BCUT2D eigenvalue weighted by molar-refractivity contribution is 0.0679. The summed E-state index contributed by atoms with van der Waals surface area (Å²) in [5.41, 5.74) is 1.48. The summed E-state index contributed by atoms with van der Waals surface area (Å²) in [4.78, 5) is 20.9. The third-order valence-electron chi connectivity index (χ3n) is 4.72. The number of carbonyl (C=O) groups is 1. The maximum absolute atomic E-state index is 12.6. The van der Waals surface area contributed by atoms with Gasteiger partial charge in [-0.3, -0.25) is 9.78 Å². The van der Waals surface area contributed by atoms with Crippen LogP contribution in [0, 0.1) is 0 Å². The van der Waals surface area contributed by atoms with Crippen LogP contribution < -0.4 is 14.8 Å². The number of hydrogen-bond acceptors (Lipinski definition) is 6. The van der Waals surface area contributed by atoms with Crippen molar-refractivity contribution >= 4 is 11.7 Å². The molecule has 30 heavy (non-hydrogen) atoms. The van der Waals surface area contributed by atoms with Crippen LogP contribution in [0.5, 0.6) is 11.5 Å². The molecule has 1 atom stereocenters. The van der Waals surface area contributed by atoms with Crippen LogP contribution in [0.2, 0.25) is 0 Å². The molecule has 0 aliphatic carbocycles. The van der Waals surface area contributed by atoms with E-state index in [0.29, 0.717) is 36.1 Å². The van der Waals surface area contributed by atoms with Gasteiger partial charge in [-0.15, -0.1) is 0 Å². The van der Waals surface area contributed by atoms with Crippen molar-refractivity contribution in [1.29, 1.82) is 0 Å². The number of amides is 1. The van der Waals surface area contributed by atoms with E-state index in [2.05, 4.69) is 15.3 Å². The van der Waals surface area contributed by atoms with E-state index in [4.69, 9.17) is 14.2 Å². The monoisotopic (exact) mass is 405 g/mol. The van der Waals surface area contributed by atoms with E-state index in [-0.39, 0.29) is 12.0 Å². The Bertz CT molecular complexity index is 958. The predicted molar refractivity (Wildman–Crippen MR) is 112 cm³/mol. The van der Waals surface area contributed by atoms with Crippen LogP contribution in [0.3, 0.4) is 0 Å². The lowest BCUT2D eigenvalue weighted by Gasteiger charge is -2.13. The zero-order chi connectivity index (χ0) is 20.6. The Morgan fingerprint density at radius 1 is 1.07 bits per heavy atom. The Kier molecular flexibility index (Phi) is 6.51. The van der Waals surface area contributed by atoms with Crippen LogP contribution in [-0.2, 0) is 11.3 Å². The SMILES string of the molecule is O=C(Nc1ncccc1OCc1ccncc1)c1ccc(OCC2CCCO2)cc1. The number of nitrogens with zero attached hydrogens (tertiary/aromatic N) is 2. The minimum Gasteiger partial charge on any atom is -0.491 e. The molecule has 1 N–H and O–H groups in total. The van der Waals surface area contributed by atoms with E-state index in [9.17, 15) is 4.79 Å². The Hall–Kier alpha value is -3.45. The van der Waals surface area contributed by atoms with Crippen LogP contribution in [0.1, 0.15) is 28.8 Å². The molecule has 1 aliphatic rings. The smallest absolute Gasteiger partial charge is 0.256 e. The van der Waals surface area contributed by atoms with E-state index < -0.39 is 0 Å². The van der Waals surface area contributed by atoms with Gasteiger partial charge in [0.1, 0.15) is 19.0 Å². The van der Waals surface area contributed by atoms with E-state index in [1.807, 2.05) is 12.1 Å². The number of ether oxygens (including phenoxy) is 3. The highest BCUT2D eigenvalue weighted by atomic mass is 16.5. The first-order chi connectivity index (χ1) is 14.8. The topological polar surface area (TPSA) is 82.6 Å². The molecule has 0 radical (unpaired) electrons. The largest absolute Gasteiger partial charge is 0.491 e. The van der Waals surface area contributed by atoms with Crippen LogP contribution in [0.4, 0.5) is 5.82 Å². The normalized spacial score (nSPS) is 15.5. The highest BCUT2D eigenvalue weighted by Crippen LogP contribution is 2.23. The van der Waals surface area contributed by atoms with Gasteiger partial charge in [-0.2, -0.15) is 0 Å². The van der Waals surface area contributed by atoms with Gasteiger partial charge < -0.3 is 19.5 Å². The highest BCUT2D eigenvalue weighted by molar-refractivity contribution is 6.04. The summed E-state index contributed by atoms with van der Waals surface area (Å²) >= 11 is 0. The van der Waals surface area contributed by atoms with Gasteiger partial charge >= 0.3 is 0 Å².